The van der Waals surface area contributed by atoms with E-state index in [1.165, 1.54) is 0 Å². The van der Waals surface area contributed by atoms with Gasteiger partial charge in [-0.05, 0) is 11.1 Å². The molecule has 2 aromatic carbocycles. The molecule has 3 rings (SSSR count). The van der Waals surface area contributed by atoms with Crippen LogP contribution >= 0.6 is 0 Å². The summed E-state index contributed by atoms with van der Waals surface area (Å²) in [7, 11) is 0. The van der Waals surface area contributed by atoms with Gasteiger partial charge in [-0.3, -0.25) is 10.0 Å². The molecule has 0 aromatic heterocycles. The molecule has 0 fully saturated rings. The number of hydroxylamine groups is 1. The van der Waals surface area contributed by atoms with E-state index in [1.54, 1.807) is 48.5 Å². The first-order valence-corrected chi connectivity index (χ1v) is 6.87. The lowest BCUT2D eigenvalue weighted by molar-refractivity contribution is -0.123. The second-order valence-electron chi connectivity index (χ2n) is 4.92. The monoisotopic (exact) mass is 310 g/mol. The Kier molecular flexibility index (Phi) is 3.78. The number of carbonyl (C=O) groups is 1. The predicted molar refractivity (Wildman–Crippen MR) is 83.4 cm³/mol. The SMILES string of the molecule is O=C1N/C(=N\O)C(NO)=NC1(c1ccccc1)c1ccccc1. The molecule has 1 heterocycles. The maximum Gasteiger partial charge on any atom is 0.262 e. The van der Waals surface area contributed by atoms with Gasteiger partial charge >= 0.3 is 0 Å². The van der Waals surface area contributed by atoms with E-state index in [4.69, 9.17) is 5.21 Å². The molecule has 0 unspecified atom stereocenters. The summed E-state index contributed by atoms with van der Waals surface area (Å²) in [5, 5.41) is 23.6. The van der Waals surface area contributed by atoms with Crippen LogP contribution in [-0.2, 0) is 10.3 Å². The van der Waals surface area contributed by atoms with Crippen molar-refractivity contribution in [1.29, 1.82) is 0 Å². The van der Waals surface area contributed by atoms with Gasteiger partial charge in [0.05, 0.1) is 0 Å². The Labute approximate surface area is 131 Å². The number of oxime groups is 1. The molecule has 1 aliphatic rings. The number of nitrogens with one attached hydrogen (secondary N) is 2. The van der Waals surface area contributed by atoms with Crippen molar-refractivity contribution in [3.63, 3.8) is 0 Å². The number of hydrogen-bond donors (Lipinski definition) is 4. The molecule has 0 radical (unpaired) electrons. The summed E-state index contributed by atoms with van der Waals surface area (Å²) in [5.41, 5.74) is 1.70. The van der Waals surface area contributed by atoms with Crippen molar-refractivity contribution in [2.45, 2.75) is 5.54 Å². The van der Waals surface area contributed by atoms with E-state index in [0.717, 1.165) is 0 Å². The minimum atomic E-state index is -1.40. The first-order chi connectivity index (χ1) is 11.2. The molecule has 116 valence electrons. The topological polar surface area (TPSA) is 106 Å². The van der Waals surface area contributed by atoms with Crippen molar-refractivity contribution in [1.82, 2.24) is 10.8 Å². The number of nitrogens with zero attached hydrogens (tertiary/aromatic N) is 2. The maximum atomic E-state index is 12.8. The van der Waals surface area contributed by atoms with Crippen molar-refractivity contribution >= 4 is 17.6 Å². The summed E-state index contributed by atoms with van der Waals surface area (Å²) < 4.78 is 0. The Morgan fingerprint density at radius 1 is 1.00 bits per heavy atom. The Balaban J connectivity index is 2.31. The lowest BCUT2D eigenvalue weighted by atomic mass is 9.81. The Morgan fingerprint density at radius 3 is 1.96 bits per heavy atom. The van der Waals surface area contributed by atoms with Crippen LogP contribution in [0.2, 0.25) is 0 Å². The van der Waals surface area contributed by atoms with Gasteiger partial charge in [0.2, 0.25) is 5.84 Å². The van der Waals surface area contributed by atoms with Gasteiger partial charge in [-0.1, -0.05) is 65.8 Å². The molecule has 0 aliphatic carbocycles. The van der Waals surface area contributed by atoms with Crippen molar-refractivity contribution < 1.29 is 15.2 Å². The number of hydrogen-bond acceptors (Lipinski definition) is 6. The van der Waals surface area contributed by atoms with Crippen LogP contribution in [0.15, 0.2) is 70.8 Å². The summed E-state index contributed by atoms with van der Waals surface area (Å²) in [6.45, 7) is 0. The van der Waals surface area contributed by atoms with Gasteiger partial charge in [0.25, 0.3) is 5.91 Å². The summed E-state index contributed by atoms with van der Waals surface area (Å²) in [6.07, 6.45) is 0. The Bertz CT molecular complexity index is 733. The third-order valence-corrected chi connectivity index (χ3v) is 3.65. The normalized spacial score (nSPS) is 18.2. The molecule has 1 aliphatic heterocycles. The zero-order valence-corrected chi connectivity index (χ0v) is 12.0. The van der Waals surface area contributed by atoms with Gasteiger partial charge in [-0.25, -0.2) is 10.5 Å². The molecule has 4 N–H and O–H groups in total. The summed E-state index contributed by atoms with van der Waals surface area (Å²) in [6, 6.07) is 17.9. The van der Waals surface area contributed by atoms with Gasteiger partial charge in [0, 0.05) is 0 Å². The fourth-order valence-corrected chi connectivity index (χ4v) is 2.60. The van der Waals surface area contributed by atoms with E-state index < -0.39 is 11.4 Å². The number of benzene rings is 2. The van der Waals surface area contributed by atoms with Gasteiger partial charge in [-0.15, -0.1) is 0 Å². The molecule has 23 heavy (non-hydrogen) atoms. The van der Waals surface area contributed by atoms with Crippen LogP contribution in [0, 0.1) is 0 Å². The van der Waals surface area contributed by atoms with E-state index in [2.05, 4.69) is 15.5 Å². The van der Waals surface area contributed by atoms with E-state index in [1.807, 2.05) is 17.6 Å². The molecule has 1 amide bonds. The highest BCUT2D eigenvalue weighted by Gasteiger charge is 2.46. The summed E-state index contributed by atoms with van der Waals surface area (Å²) >= 11 is 0. The lowest BCUT2D eigenvalue weighted by Crippen LogP contribution is -2.56. The average molecular weight is 310 g/mol. The van der Waals surface area contributed by atoms with Crippen LogP contribution in [0.4, 0.5) is 0 Å². The third kappa shape index (κ3) is 2.33. The van der Waals surface area contributed by atoms with Gasteiger partial charge < -0.3 is 10.5 Å². The van der Waals surface area contributed by atoms with Crippen molar-refractivity contribution in [3.05, 3.63) is 71.8 Å². The number of rotatable bonds is 2. The predicted octanol–water partition coefficient (Wildman–Crippen LogP) is 1.23. The molecule has 0 spiro atoms. The number of aliphatic imine (C=N–C) groups is 1. The quantitative estimate of drug-likeness (QED) is 0.494. The van der Waals surface area contributed by atoms with Crippen LogP contribution in [0.1, 0.15) is 11.1 Å². The molecule has 7 heteroatoms. The Morgan fingerprint density at radius 2 is 1.52 bits per heavy atom. The third-order valence-electron chi connectivity index (χ3n) is 3.65. The summed E-state index contributed by atoms with van der Waals surface area (Å²) in [5.74, 6) is -0.874. The van der Waals surface area contributed by atoms with Crippen molar-refractivity contribution in [2.75, 3.05) is 0 Å². The van der Waals surface area contributed by atoms with Crippen LogP contribution in [0.5, 0.6) is 0 Å². The highest BCUT2D eigenvalue weighted by molar-refractivity contribution is 6.44. The van der Waals surface area contributed by atoms with E-state index in [-0.39, 0.29) is 11.7 Å². The highest BCUT2D eigenvalue weighted by Crippen LogP contribution is 2.35. The van der Waals surface area contributed by atoms with Crippen LogP contribution < -0.4 is 10.8 Å². The lowest BCUT2D eigenvalue weighted by Gasteiger charge is -2.33. The Hall–Kier alpha value is -3.19. The number of carbonyl (C=O) groups excluding carboxylic acids is 1. The minimum absolute atomic E-state index is 0.139. The number of amidine groups is 2. The van der Waals surface area contributed by atoms with Gasteiger partial charge in [0.1, 0.15) is 0 Å². The van der Waals surface area contributed by atoms with E-state index in [0.29, 0.717) is 11.1 Å². The van der Waals surface area contributed by atoms with Crippen molar-refractivity contribution in [3.8, 4) is 0 Å². The van der Waals surface area contributed by atoms with Crippen LogP contribution in [0.3, 0.4) is 0 Å². The first kappa shape index (κ1) is 14.7. The largest absolute Gasteiger partial charge is 0.409 e. The highest BCUT2D eigenvalue weighted by atomic mass is 16.5. The molecule has 0 saturated carbocycles. The zero-order valence-electron chi connectivity index (χ0n) is 12.0. The molecule has 0 atom stereocenters. The second-order valence-corrected chi connectivity index (χ2v) is 4.92. The smallest absolute Gasteiger partial charge is 0.262 e. The van der Waals surface area contributed by atoms with Gasteiger partial charge in [0.15, 0.2) is 11.4 Å². The minimum Gasteiger partial charge on any atom is -0.409 e. The molecule has 2 aromatic rings. The fourth-order valence-electron chi connectivity index (χ4n) is 2.60. The molecular formula is C16H14N4O3. The fraction of sp³-hybridized carbons (Fsp3) is 0.0625. The van der Waals surface area contributed by atoms with Crippen molar-refractivity contribution in [2.24, 2.45) is 10.1 Å². The summed E-state index contributed by atoms with van der Waals surface area (Å²) in [4.78, 5) is 17.2. The molecule has 0 saturated heterocycles. The van der Waals surface area contributed by atoms with Crippen LogP contribution in [-0.4, -0.2) is 28.0 Å². The van der Waals surface area contributed by atoms with E-state index in [9.17, 15) is 10.0 Å². The molecular weight excluding hydrogens is 296 g/mol. The first-order valence-electron chi connectivity index (χ1n) is 6.87. The zero-order chi connectivity index (χ0) is 16.3. The molecule has 7 nitrogen and oxygen atoms in total. The maximum absolute atomic E-state index is 12.8. The second kappa shape index (κ2) is 5.90. The van der Waals surface area contributed by atoms with Crippen LogP contribution in [0.25, 0.3) is 0 Å². The molecule has 0 bridgehead atoms. The average Bonchev–Trinajstić information content (AvgIpc) is 2.63. The van der Waals surface area contributed by atoms with E-state index >= 15 is 0 Å². The van der Waals surface area contributed by atoms with Gasteiger partial charge in [-0.2, -0.15) is 0 Å². The number of amides is 1. The standard InChI is InChI=1S/C16H14N4O3/c21-15-16(11-7-3-1-4-8-11,12-9-5-2-6-10-12)18-14(20-23)13(17-15)19-22/h1-10,22-23H,(H,18,20)(H,17,19,21).